The summed E-state index contributed by atoms with van der Waals surface area (Å²) in [6.45, 7) is 2.90. The van der Waals surface area contributed by atoms with Gasteiger partial charge in [-0.1, -0.05) is 68.7 Å². The van der Waals surface area contributed by atoms with Crippen molar-refractivity contribution in [1.82, 2.24) is 0 Å². The Morgan fingerprint density at radius 1 is 1.16 bits per heavy atom. The zero-order chi connectivity index (χ0) is 17.5. The topological polar surface area (TPSA) is 35.5 Å². The highest BCUT2D eigenvalue weighted by Crippen LogP contribution is 2.27. The first kappa shape index (κ1) is 17.9. The van der Waals surface area contributed by atoms with E-state index in [2.05, 4.69) is 25.1 Å². The minimum Gasteiger partial charge on any atom is -0.435 e. The molecule has 3 rings (SSSR count). The van der Waals surface area contributed by atoms with Crippen LogP contribution in [0.1, 0.15) is 51.0 Å². The summed E-state index contributed by atoms with van der Waals surface area (Å²) in [7, 11) is 0. The maximum absolute atomic E-state index is 12.5. The molecule has 0 spiro atoms. The Balaban J connectivity index is 1.62. The van der Waals surface area contributed by atoms with Gasteiger partial charge >= 0.3 is 5.97 Å². The fraction of sp³-hybridized carbons (Fsp3) is 0.500. The van der Waals surface area contributed by atoms with Crippen molar-refractivity contribution in [3.05, 3.63) is 48.0 Å². The van der Waals surface area contributed by atoms with Crippen molar-refractivity contribution >= 4 is 16.7 Å². The molecule has 2 unspecified atom stereocenters. The van der Waals surface area contributed by atoms with E-state index in [0.29, 0.717) is 18.9 Å². The summed E-state index contributed by atoms with van der Waals surface area (Å²) >= 11 is 0. The first-order valence-corrected chi connectivity index (χ1v) is 9.55. The molecule has 3 nitrogen and oxygen atoms in total. The van der Waals surface area contributed by atoms with Crippen molar-refractivity contribution in [3.63, 3.8) is 0 Å². The van der Waals surface area contributed by atoms with Gasteiger partial charge in [-0.15, -0.1) is 0 Å². The number of fused-ring (bicyclic) bond motifs is 1. The number of benzene rings is 2. The number of rotatable bonds is 7. The third-order valence-electron chi connectivity index (χ3n) is 5.03. The van der Waals surface area contributed by atoms with Gasteiger partial charge in [-0.2, -0.15) is 0 Å². The van der Waals surface area contributed by atoms with Gasteiger partial charge in [0, 0.05) is 5.92 Å². The van der Waals surface area contributed by atoms with Crippen LogP contribution in [-0.4, -0.2) is 18.9 Å². The van der Waals surface area contributed by atoms with Crippen LogP contribution in [-0.2, 0) is 20.7 Å². The number of hydrogen-bond acceptors (Lipinski definition) is 3. The zero-order valence-corrected chi connectivity index (χ0v) is 15.1. The molecular formula is C22H28O3. The molecule has 1 aliphatic rings. The Morgan fingerprint density at radius 2 is 2.00 bits per heavy atom. The Hall–Kier alpha value is -1.87. The molecule has 0 aromatic heterocycles. The second kappa shape index (κ2) is 9.00. The molecule has 2 atom stereocenters. The molecule has 2 aromatic rings. The standard InChI is InChI=1S/C22H28O3/c1-2-3-4-10-18-13-8-15-24-22(18)25-21(23)16-19-12-7-11-17-9-5-6-14-20(17)19/h5-7,9,11-12,14,18,22H,2-4,8,10,13,15-16H2,1H3. The average Bonchev–Trinajstić information content (AvgIpc) is 2.64. The second-order valence-corrected chi connectivity index (χ2v) is 6.94. The first-order chi connectivity index (χ1) is 12.3. The predicted octanol–water partition coefficient (Wildman–Crippen LogP) is 5.26. The highest BCUT2D eigenvalue weighted by atomic mass is 16.7. The largest absolute Gasteiger partial charge is 0.435 e. The van der Waals surface area contributed by atoms with Crippen LogP contribution in [0.15, 0.2) is 42.5 Å². The molecule has 1 aliphatic heterocycles. The molecule has 2 aromatic carbocycles. The zero-order valence-electron chi connectivity index (χ0n) is 15.1. The monoisotopic (exact) mass is 340 g/mol. The lowest BCUT2D eigenvalue weighted by Gasteiger charge is -2.31. The van der Waals surface area contributed by atoms with Crippen LogP contribution in [0.2, 0.25) is 0 Å². The van der Waals surface area contributed by atoms with E-state index in [-0.39, 0.29) is 12.3 Å². The van der Waals surface area contributed by atoms with Crippen LogP contribution < -0.4 is 0 Å². The van der Waals surface area contributed by atoms with Gasteiger partial charge in [0.2, 0.25) is 6.29 Å². The maximum Gasteiger partial charge on any atom is 0.312 e. The summed E-state index contributed by atoms with van der Waals surface area (Å²) in [5.74, 6) is 0.153. The van der Waals surface area contributed by atoms with Gasteiger partial charge in [-0.3, -0.25) is 4.79 Å². The van der Waals surface area contributed by atoms with Gasteiger partial charge in [-0.05, 0) is 35.6 Å². The summed E-state index contributed by atoms with van der Waals surface area (Å²) in [6, 6.07) is 14.2. The summed E-state index contributed by atoms with van der Waals surface area (Å²) in [5.41, 5.74) is 1.02. The lowest BCUT2D eigenvalue weighted by Crippen LogP contribution is -2.34. The predicted molar refractivity (Wildman–Crippen MR) is 100 cm³/mol. The van der Waals surface area contributed by atoms with Crippen LogP contribution in [0.3, 0.4) is 0 Å². The van der Waals surface area contributed by atoms with Gasteiger partial charge < -0.3 is 9.47 Å². The Kier molecular flexibility index (Phi) is 6.46. The fourth-order valence-corrected chi connectivity index (χ4v) is 3.66. The summed E-state index contributed by atoms with van der Waals surface area (Å²) in [4.78, 5) is 12.5. The van der Waals surface area contributed by atoms with Crippen LogP contribution in [0, 0.1) is 5.92 Å². The summed E-state index contributed by atoms with van der Waals surface area (Å²) in [5, 5.41) is 2.27. The number of unbranched alkanes of at least 4 members (excludes halogenated alkanes) is 2. The van der Waals surface area contributed by atoms with Crippen molar-refractivity contribution in [2.24, 2.45) is 5.92 Å². The van der Waals surface area contributed by atoms with Gasteiger partial charge in [0.15, 0.2) is 0 Å². The molecule has 25 heavy (non-hydrogen) atoms. The van der Waals surface area contributed by atoms with E-state index in [4.69, 9.17) is 9.47 Å². The van der Waals surface area contributed by atoms with Gasteiger partial charge in [-0.25, -0.2) is 0 Å². The second-order valence-electron chi connectivity index (χ2n) is 6.94. The van der Waals surface area contributed by atoms with Crippen LogP contribution >= 0.6 is 0 Å². The van der Waals surface area contributed by atoms with Crippen LogP contribution in [0.5, 0.6) is 0 Å². The molecular weight excluding hydrogens is 312 g/mol. The molecule has 1 heterocycles. The van der Waals surface area contributed by atoms with Crippen molar-refractivity contribution in [3.8, 4) is 0 Å². The normalized spacial score (nSPS) is 20.5. The maximum atomic E-state index is 12.5. The van der Waals surface area contributed by atoms with Crippen LogP contribution in [0.4, 0.5) is 0 Å². The van der Waals surface area contributed by atoms with Crippen molar-refractivity contribution in [2.75, 3.05) is 6.61 Å². The molecule has 0 saturated carbocycles. The van der Waals surface area contributed by atoms with E-state index < -0.39 is 0 Å². The van der Waals surface area contributed by atoms with E-state index in [9.17, 15) is 4.79 Å². The molecule has 1 fully saturated rings. The molecule has 1 saturated heterocycles. The molecule has 0 N–H and O–H groups in total. The van der Waals surface area contributed by atoms with E-state index in [0.717, 1.165) is 35.6 Å². The number of carbonyl (C=O) groups excluding carboxylic acids is 1. The van der Waals surface area contributed by atoms with Crippen molar-refractivity contribution in [1.29, 1.82) is 0 Å². The van der Waals surface area contributed by atoms with E-state index in [1.54, 1.807) is 0 Å². The highest BCUT2D eigenvalue weighted by molar-refractivity contribution is 5.88. The number of ether oxygens (including phenoxy) is 2. The smallest absolute Gasteiger partial charge is 0.312 e. The van der Waals surface area contributed by atoms with Gasteiger partial charge in [0.1, 0.15) is 0 Å². The average molecular weight is 340 g/mol. The molecule has 0 radical (unpaired) electrons. The number of hydrogen-bond donors (Lipinski definition) is 0. The van der Waals surface area contributed by atoms with Gasteiger partial charge in [0.05, 0.1) is 13.0 Å². The lowest BCUT2D eigenvalue weighted by atomic mass is 9.94. The highest BCUT2D eigenvalue weighted by Gasteiger charge is 2.28. The third kappa shape index (κ3) is 4.82. The molecule has 0 aliphatic carbocycles. The third-order valence-corrected chi connectivity index (χ3v) is 5.03. The number of carbonyl (C=O) groups is 1. The summed E-state index contributed by atoms with van der Waals surface area (Å²) in [6.07, 6.45) is 6.79. The van der Waals surface area contributed by atoms with Crippen LogP contribution in [0.25, 0.3) is 10.8 Å². The first-order valence-electron chi connectivity index (χ1n) is 9.55. The molecule has 0 bridgehead atoms. The SMILES string of the molecule is CCCCCC1CCCOC1OC(=O)Cc1cccc2ccccc12. The molecule has 134 valence electrons. The molecule has 0 amide bonds. The Morgan fingerprint density at radius 3 is 2.88 bits per heavy atom. The van der Waals surface area contributed by atoms with Gasteiger partial charge in [0.25, 0.3) is 0 Å². The minimum absolute atomic E-state index is 0.191. The Bertz CT molecular complexity index is 689. The van der Waals surface area contributed by atoms with E-state index >= 15 is 0 Å². The summed E-state index contributed by atoms with van der Waals surface area (Å²) < 4.78 is 11.5. The quantitative estimate of drug-likeness (QED) is 0.509. The van der Waals surface area contributed by atoms with E-state index in [1.165, 1.54) is 19.3 Å². The van der Waals surface area contributed by atoms with Crippen molar-refractivity contribution < 1.29 is 14.3 Å². The Labute approximate surface area is 150 Å². The lowest BCUT2D eigenvalue weighted by molar-refractivity contribution is -0.202. The number of esters is 1. The van der Waals surface area contributed by atoms with E-state index in [1.807, 2.05) is 24.3 Å². The minimum atomic E-state index is -0.368. The van der Waals surface area contributed by atoms with Crippen molar-refractivity contribution in [2.45, 2.75) is 58.2 Å². The fourth-order valence-electron chi connectivity index (χ4n) is 3.66. The molecule has 3 heteroatoms.